The third-order valence-electron chi connectivity index (χ3n) is 4.46. The molecule has 0 aliphatic heterocycles. The van der Waals surface area contributed by atoms with E-state index in [0.29, 0.717) is 6.42 Å². The molecule has 0 aromatic carbocycles. The molecule has 10 heteroatoms. The average Bonchev–Trinajstić information content (AvgIpc) is 2.58. The lowest BCUT2D eigenvalue weighted by molar-refractivity contribution is -0.144. The van der Waals surface area contributed by atoms with E-state index in [4.69, 9.17) is 4.74 Å². The van der Waals surface area contributed by atoms with Gasteiger partial charge in [0.2, 0.25) is 11.8 Å². The van der Waals surface area contributed by atoms with E-state index >= 15 is 0 Å². The average molecular weight is 432 g/mol. The predicted molar refractivity (Wildman–Crippen MR) is 111 cm³/mol. The standard InChI is InChI=1S/C20H37N3O7/c1-9-11(4)14(18(27)28)22-16(25)13(10(2)3)21-17(26)15(12(5)24)23-19(29)30-20(6,7)8/h10-15,24H,9H2,1-8H3,(H,21,26)(H,22,25)(H,23,29)(H,27,28). The molecule has 5 N–H and O–H groups in total. The van der Waals surface area contributed by atoms with E-state index in [-0.39, 0.29) is 11.8 Å². The molecule has 0 aliphatic carbocycles. The van der Waals surface area contributed by atoms with Crippen molar-refractivity contribution in [3.05, 3.63) is 0 Å². The zero-order chi connectivity index (χ0) is 23.8. The van der Waals surface area contributed by atoms with Crippen LogP contribution in [0.1, 0.15) is 61.8 Å². The van der Waals surface area contributed by atoms with Crippen molar-refractivity contribution in [3.8, 4) is 0 Å². The fourth-order valence-electron chi connectivity index (χ4n) is 2.54. The molecule has 0 aliphatic rings. The highest BCUT2D eigenvalue weighted by Gasteiger charge is 2.34. The number of rotatable bonds is 10. The van der Waals surface area contributed by atoms with E-state index < -0.39 is 53.7 Å². The highest BCUT2D eigenvalue weighted by molar-refractivity contribution is 5.93. The van der Waals surface area contributed by atoms with Gasteiger partial charge in [-0.25, -0.2) is 9.59 Å². The maximum atomic E-state index is 12.7. The normalized spacial score (nSPS) is 16.6. The summed E-state index contributed by atoms with van der Waals surface area (Å²) in [6.07, 6.45) is -1.61. The molecule has 0 radical (unpaired) electrons. The first kappa shape index (κ1) is 27.6. The molecular formula is C20H37N3O7. The van der Waals surface area contributed by atoms with E-state index in [2.05, 4.69) is 16.0 Å². The van der Waals surface area contributed by atoms with Crippen molar-refractivity contribution in [3.63, 3.8) is 0 Å². The van der Waals surface area contributed by atoms with E-state index in [1.54, 1.807) is 41.5 Å². The minimum Gasteiger partial charge on any atom is -0.480 e. The van der Waals surface area contributed by atoms with E-state index in [0.717, 1.165) is 0 Å². The molecule has 0 fully saturated rings. The summed E-state index contributed by atoms with van der Waals surface area (Å²) in [4.78, 5) is 48.8. The minimum absolute atomic E-state index is 0.311. The number of aliphatic hydroxyl groups excluding tert-OH is 1. The number of amides is 3. The molecule has 0 spiro atoms. The van der Waals surface area contributed by atoms with Crippen LogP contribution in [-0.2, 0) is 19.1 Å². The summed E-state index contributed by atoms with van der Waals surface area (Å²) >= 11 is 0. The number of carboxylic acid groups (broad SMARTS) is 1. The molecule has 3 amide bonds. The van der Waals surface area contributed by atoms with Gasteiger partial charge in [0.15, 0.2) is 0 Å². The largest absolute Gasteiger partial charge is 0.480 e. The van der Waals surface area contributed by atoms with Gasteiger partial charge in [-0.05, 0) is 39.5 Å². The predicted octanol–water partition coefficient (Wildman–Crippen LogP) is 1.02. The van der Waals surface area contributed by atoms with Gasteiger partial charge in [0.25, 0.3) is 0 Å². The van der Waals surface area contributed by atoms with Crippen molar-refractivity contribution in [2.75, 3.05) is 0 Å². The molecule has 5 atom stereocenters. The van der Waals surface area contributed by atoms with Gasteiger partial charge >= 0.3 is 12.1 Å². The van der Waals surface area contributed by atoms with Gasteiger partial charge in [-0.3, -0.25) is 9.59 Å². The Morgan fingerprint density at radius 3 is 1.70 bits per heavy atom. The van der Waals surface area contributed by atoms with Crippen molar-refractivity contribution in [1.82, 2.24) is 16.0 Å². The Labute approximate surface area is 178 Å². The first-order chi connectivity index (χ1) is 13.6. The molecule has 0 saturated heterocycles. The Bertz CT molecular complexity index is 614. The number of ether oxygens (including phenoxy) is 1. The second kappa shape index (κ2) is 11.7. The van der Waals surface area contributed by atoms with Crippen LogP contribution < -0.4 is 16.0 Å². The molecule has 174 valence electrons. The Morgan fingerprint density at radius 1 is 0.867 bits per heavy atom. The van der Waals surface area contributed by atoms with Crippen LogP contribution in [0.3, 0.4) is 0 Å². The molecule has 0 heterocycles. The number of aliphatic carboxylic acids is 1. The van der Waals surface area contributed by atoms with Gasteiger partial charge in [0.05, 0.1) is 6.10 Å². The third-order valence-corrected chi connectivity index (χ3v) is 4.46. The van der Waals surface area contributed by atoms with Crippen molar-refractivity contribution in [2.45, 2.75) is 91.6 Å². The minimum atomic E-state index is -1.36. The molecule has 5 unspecified atom stereocenters. The number of alkyl carbamates (subject to hydrolysis) is 1. The van der Waals surface area contributed by atoms with Crippen LogP contribution in [0.2, 0.25) is 0 Å². The topological polar surface area (TPSA) is 154 Å². The van der Waals surface area contributed by atoms with Crippen molar-refractivity contribution < 1.29 is 34.1 Å². The summed E-state index contributed by atoms with van der Waals surface area (Å²) < 4.78 is 5.10. The number of hydrogen-bond acceptors (Lipinski definition) is 6. The lowest BCUT2D eigenvalue weighted by atomic mass is 9.97. The molecule has 30 heavy (non-hydrogen) atoms. The van der Waals surface area contributed by atoms with Gasteiger partial charge < -0.3 is 30.9 Å². The fourth-order valence-corrected chi connectivity index (χ4v) is 2.54. The second-order valence-electron chi connectivity index (χ2n) is 8.80. The zero-order valence-corrected chi connectivity index (χ0v) is 19.1. The van der Waals surface area contributed by atoms with Crippen LogP contribution >= 0.6 is 0 Å². The number of hydrogen-bond donors (Lipinski definition) is 5. The smallest absolute Gasteiger partial charge is 0.408 e. The molecule has 0 rings (SSSR count). The summed E-state index contributed by atoms with van der Waals surface area (Å²) in [6.45, 7) is 13.2. The lowest BCUT2D eigenvalue weighted by Crippen LogP contribution is -2.60. The van der Waals surface area contributed by atoms with Gasteiger partial charge in [-0.1, -0.05) is 34.1 Å². The van der Waals surface area contributed by atoms with Crippen LogP contribution in [0.4, 0.5) is 4.79 Å². The van der Waals surface area contributed by atoms with Crippen molar-refractivity contribution >= 4 is 23.9 Å². The molecule has 0 saturated carbocycles. The van der Waals surface area contributed by atoms with Crippen molar-refractivity contribution in [1.29, 1.82) is 0 Å². The first-order valence-electron chi connectivity index (χ1n) is 10.1. The number of carboxylic acids is 1. The quantitative estimate of drug-likeness (QED) is 0.346. The van der Waals surface area contributed by atoms with Crippen LogP contribution in [0, 0.1) is 11.8 Å². The van der Waals surface area contributed by atoms with Gasteiger partial charge in [-0.2, -0.15) is 0 Å². The number of carbonyl (C=O) groups excluding carboxylic acids is 3. The maximum Gasteiger partial charge on any atom is 0.408 e. The number of aliphatic hydroxyl groups is 1. The van der Waals surface area contributed by atoms with Crippen LogP contribution in [0.15, 0.2) is 0 Å². The van der Waals surface area contributed by atoms with Crippen molar-refractivity contribution in [2.24, 2.45) is 11.8 Å². The summed E-state index contributed by atoms with van der Waals surface area (Å²) in [5, 5.41) is 26.6. The zero-order valence-electron chi connectivity index (χ0n) is 19.1. The van der Waals surface area contributed by atoms with E-state index in [9.17, 15) is 29.4 Å². The van der Waals surface area contributed by atoms with Crippen LogP contribution in [0.5, 0.6) is 0 Å². The Hall–Kier alpha value is -2.36. The van der Waals surface area contributed by atoms with E-state index in [1.807, 2.05) is 6.92 Å². The molecule has 0 aromatic heterocycles. The molecule has 0 aromatic rings. The molecule has 10 nitrogen and oxygen atoms in total. The van der Waals surface area contributed by atoms with Gasteiger partial charge in [0, 0.05) is 0 Å². The molecular weight excluding hydrogens is 394 g/mol. The number of carbonyl (C=O) groups is 4. The Morgan fingerprint density at radius 2 is 1.33 bits per heavy atom. The van der Waals surface area contributed by atoms with E-state index in [1.165, 1.54) is 6.92 Å². The van der Waals surface area contributed by atoms with Gasteiger partial charge in [0.1, 0.15) is 23.7 Å². The van der Waals surface area contributed by atoms with Crippen LogP contribution in [-0.4, -0.2) is 63.9 Å². The lowest BCUT2D eigenvalue weighted by Gasteiger charge is -2.29. The monoisotopic (exact) mass is 431 g/mol. The third kappa shape index (κ3) is 9.43. The Kier molecular flexibility index (Phi) is 10.8. The summed E-state index contributed by atoms with van der Waals surface area (Å²) in [5.74, 6) is -3.31. The fraction of sp³-hybridized carbons (Fsp3) is 0.800. The van der Waals surface area contributed by atoms with Crippen LogP contribution in [0.25, 0.3) is 0 Å². The summed E-state index contributed by atoms with van der Waals surface area (Å²) in [7, 11) is 0. The highest BCUT2D eigenvalue weighted by atomic mass is 16.6. The summed E-state index contributed by atoms with van der Waals surface area (Å²) in [5.41, 5.74) is -0.800. The Balaban J connectivity index is 5.37. The second-order valence-corrected chi connectivity index (χ2v) is 8.80. The van der Waals surface area contributed by atoms with Gasteiger partial charge in [-0.15, -0.1) is 0 Å². The summed E-state index contributed by atoms with van der Waals surface area (Å²) in [6, 6.07) is -3.53. The SMILES string of the molecule is CCC(C)C(NC(=O)C(NC(=O)C(NC(=O)OC(C)(C)C)C(C)O)C(C)C)C(=O)O. The number of nitrogens with one attached hydrogen (secondary N) is 3. The molecule has 0 bridgehead atoms. The maximum absolute atomic E-state index is 12.7. The highest BCUT2D eigenvalue weighted by Crippen LogP contribution is 2.11. The first-order valence-corrected chi connectivity index (χ1v) is 10.1.